The molecule has 0 saturated carbocycles. The number of nitrogens with one attached hydrogen (secondary N) is 1. The number of benzene rings is 1. The van der Waals surface area contributed by atoms with Crippen LogP contribution in [-0.2, 0) is 9.53 Å². The lowest BCUT2D eigenvalue weighted by Crippen LogP contribution is -2.15. The Morgan fingerprint density at radius 2 is 1.95 bits per heavy atom. The number of carbonyl (C=O) groups is 1. The maximum atomic E-state index is 11.6. The molecule has 0 aromatic heterocycles. The second kappa shape index (κ2) is 8.50. The van der Waals surface area contributed by atoms with Gasteiger partial charge in [-0.1, -0.05) is 0 Å². The number of hydrogen-bond acceptors (Lipinski definition) is 4. The van der Waals surface area contributed by atoms with Crippen molar-refractivity contribution in [1.82, 2.24) is 0 Å². The molecule has 1 aromatic carbocycles. The van der Waals surface area contributed by atoms with Crippen molar-refractivity contribution in [2.45, 2.75) is 26.4 Å². The van der Waals surface area contributed by atoms with Crippen molar-refractivity contribution in [3.05, 3.63) is 24.3 Å². The number of nitrogens with two attached hydrogens (primary N) is 1. The van der Waals surface area contributed by atoms with Gasteiger partial charge in [-0.15, -0.1) is 0 Å². The topological polar surface area (TPSA) is 73.6 Å². The number of hydrogen-bond donors (Lipinski definition) is 2. The molecule has 0 heterocycles. The summed E-state index contributed by atoms with van der Waals surface area (Å²) in [6, 6.07) is 7.20. The summed E-state index contributed by atoms with van der Waals surface area (Å²) in [6.07, 6.45) is 0.496. The lowest BCUT2D eigenvalue weighted by Gasteiger charge is -2.09. The van der Waals surface area contributed by atoms with Crippen LogP contribution in [0, 0.1) is 0 Å². The van der Waals surface area contributed by atoms with E-state index >= 15 is 0 Å². The molecule has 0 aliphatic heterocycles. The number of rotatable bonds is 8. The van der Waals surface area contributed by atoms with Gasteiger partial charge < -0.3 is 20.5 Å². The molecular formula is C14H22N2O3. The number of carbonyl (C=O) groups excluding carboxylic acids is 1. The van der Waals surface area contributed by atoms with Crippen molar-refractivity contribution < 1.29 is 14.3 Å². The van der Waals surface area contributed by atoms with E-state index in [2.05, 4.69) is 5.32 Å². The van der Waals surface area contributed by atoms with Crippen molar-refractivity contribution in [1.29, 1.82) is 0 Å². The highest BCUT2D eigenvalue weighted by atomic mass is 16.5. The Hall–Kier alpha value is -1.59. The minimum atomic E-state index is -0.0590. The molecule has 5 nitrogen and oxygen atoms in total. The Bertz CT molecular complexity index is 377. The van der Waals surface area contributed by atoms with Gasteiger partial charge in [0.1, 0.15) is 12.4 Å². The summed E-state index contributed by atoms with van der Waals surface area (Å²) in [5, 5.41) is 2.80. The fraction of sp³-hybridized carbons (Fsp3) is 0.500. The molecule has 0 saturated heterocycles. The third-order valence-corrected chi connectivity index (χ3v) is 2.30. The molecule has 1 rings (SSSR count). The van der Waals surface area contributed by atoms with Crippen LogP contribution in [0.15, 0.2) is 24.3 Å². The molecule has 3 N–H and O–H groups in total. The van der Waals surface area contributed by atoms with E-state index in [9.17, 15) is 4.79 Å². The van der Waals surface area contributed by atoms with Gasteiger partial charge in [0.2, 0.25) is 5.91 Å². The highest BCUT2D eigenvalue weighted by Crippen LogP contribution is 2.15. The fourth-order valence-electron chi connectivity index (χ4n) is 1.42. The molecule has 1 amide bonds. The summed E-state index contributed by atoms with van der Waals surface area (Å²) in [5.74, 6) is 0.683. The molecule has 1 aromatic rings. The molecule has 0 fully saturated rings. The van der Waals surface area contributed by atoms with Crippen LogP contribution in [0.25, 0.3) is 0 Å². The smallest absolute Gasteiger partial charge is 0.226 e. The summed E-state index contributed by atoms with van der Waals surface area (Å²) in [4.78, 5) is 11.6. The highest BCUT2D eigenvalue weighted by Gasteiger charge is 2.03. The number of anilines is 1. The van der Waals surface area contributed by atoms with Crippen molar-refractivity contribution in [2.75, 3.05) is 25.1 Å². The van der Waals surface area contributed by atoms with E-state index in [1.807, 2.05) is 13.8 Å². The van der Waals surface area contributed by atoms with Gasteiger partial charge in [-0.05, 0) is 38.1 Å². The van der Waals surface area contributed by atoms with Crippen LogP contribution in [0.5, 0.6) is 5.75 Å². The fourth-order valence-corrected chi connectivity index (χ4v) is 1.42. The first kappa shape index (κ1) is 15.5. The Morgan fingerprint density at radius 3 is 2.53 bits per heavy atom. The lowest BCUT2D eigenvalue weighted by molar-refractivity contribution is -0.117. The molecule has 0 unspecified atom stereocenters. The first-order chi connectivity index (χ1) is 9.11. The average molecular weight is 266 g/mol. The third kappa shape index (κ3) is 6.79. The van der Waals surface area contributed by atoms with E-state index in [4.69, 9.17) is 15.2 Å². The van der Waals surface area contributed by atoms with Crippen LogP contribution in [0.3, 0.4) is 0 Å². The first-order valence-corrected chi connectivity index (χ1v) is 6.46. The molecule has 0 atom stereocenters. The van der Waals surface area contributed by atoms with E-state index in [-0.39, 0.29) is 12.0 Å². The highest BCUT2D eigenvalue weighted by molar-refractivity contribution is 5.90. The number of ether oxygens (including phenoxy) is 2. The molecule has 106 valence electrons. The van der Waals surface area contributed by atoms with Crippen LogP contribution < -0.4 is 15.8 Å². The molecule has 5 heteroatoms. The standard InChI is InChI=1S/C14H22N2O3/c1-11(2)18-9-7-14(17)16-12-3-5-13(6-4-12)19-10-8-15/h3-6,11H,7-10,15H2,1-2H3,(H,16,17). The van der Waals surface area contributed by atoms with Crippen molar-refractivity contribution in [3.8, 4) is 5.75 Å². The zero-order valence-electron chi connectivity index (χ0n) is 11.5. The van der Waals surface area contributed by atoms with E-state index in [0.29, 0.717) is 26.2 Å². The predicted molar refractivity (Wildman–Crippen MR) is 75.3 cm³/mol. The van der Waals surface area contributed by atoms with Gasteiger partial charge in [0, 0.05) is 12.2 Å². The predicted octanol–water partition coefficient (Wildman–Crippen LogP) is 1.78. The van der Waals surface area contributed by atoms with Gasteiger partial charge in [0.25, 0.3) is 0 Å². The van der Waals surface area contributed by atoms with Gasteiger partial charge in [-0.25, -0.2) is 0 Å². The largest absolute Gasteiger partial charge is 0.492 e. The summed E-state index contributed by atoms with van der Waals surface area (Å²) in [5.41, 5.74) is 6.09. The minimum Gasteiger partial charge on any atom is -0.492 e. The molecule has 0 aliphatic carbocycles. The van der Waals surface area contributed by atoms with E-state index in [1.54, 1.807) is 24.3 Å². The van der Waals surface area contributed by atoms with Crippen molar-refractivity contribution in [2.24, 2.45) is 5.73 Å². The Morgan fingerprint density at radius 1 is 1.26 bits per heavy atom. The van der Waals surface area contributed by atoms with Gasteiger partial charge in [-0.3, -0.25) is 4.79 Å². The summed E-state index contributed by atoms with van der Waals surface area (Å²) in [7, 11) is 0. The van der Waals surface area contributed by atoms with Crippen molar-refractivity contribution in [3.63, 3.8) is 0 Å². The quantitative estimate of drug-likeness (QED) is 0.752. The zero-order valence-corrected chi connectivity index (χ0v) is 11.5. The summed E-state index contributed by atoms with van der Waals surface area (Å²) in [6.45, 7) is 5.28. The van der Waals surface area contributed by atoms with E-state index < -0.39 is 0 Å². The Labute approximate surface area is 114 Å². The molecule has 0 aliphatic rings. The Kier molecular flexibility index (Phi) is 6.92. The minimum absolute atomic E-state index is 0.0590. The van der Waals surface area contributed by atoms with Crippen LogP contribution in [0.2, 0.25) is 0 Å². The third-order valence-electron chi connectivity index (χ3n) is 2.30. The van der Waals surface area contributed by atoms with Crippen LogP contribution in [0.1, 0.15) is 20.3 Å². The maximum Gasteiger partial charge on any atom is 0.226 e. The summed E-state index contributed by atoms with van der Waals surface area (Å²) < 4.78 is 10.7. The summed E-state index contributed by atoms with van der Waals surface area (Å²) >= 11 is 0. The van der Waals surface area contributed by atoms with Gasteiger partial charge in [0.15, 0.2) is 0 Å². The zero-order chi connectivity index (χ0) is 14.1. The number of amides is 1. The Balaban J connectivity index is 2.33. The molecule has 0 bridgehead atoms. The van der Waals surface area contributed by atoms with E-state index in [1.165, 1.54) is 0 Å². The van der Waals surface area contributed by atoms with Gasteiger partial charge in [0.05, 0.1) is 19.1 Å². The van der Waals surface area contributed by atoms with Gasteiger partial charge >= 0.3 is 0 Å². The van der Waals surface area contributed by atoms with Crippen LogP contribution in [-0.4, -0.2) is 31.8 Å². The normalized spacial score (nSPS) is 10.5. The van der Waals surface area contributed by atoms with Crippen molar-refractivity contribution >= 4 is 11.6 Å². The molecule has 0 spiro atoms. The second-order valence-corrected chi connectivity index (χ2v) is 4.38. The molecule has 19 heavy (non-hydrogen) atoms. The lowest BCUT2D eigenvalue weighted by atomic mass is 10.3. The molecule has 0 radical (unpaired) electrons. The van der Waals surface area contributed by atoms with Crippen LogP contribution in [0.4, 0.5) is 5.69 Å². The monoisotopic (exact) mass is 266 g/mol. The SMILES string of the molecule is CC(C)OCCC(=O)Nc1ccc(OCCN)cc1. The molecular weight excluding hydrogens is 244 g/mol. The average Bonchev–Trinajstić information content (AvgIpc) is 2.37. The van der Waals surface area contributed by atoms with E-state index in [0.717, 1.165) is 11.4 Å². The van der Waals surface area contributed by atoms with Gasteiger partial charge in [-0.2, -0.15) is 0 Å². The van der Waals surface area contributed by atoms with Crippen LogP contribution >= 0.6 is 0 Å². The second-order valence-electron chi connectivity index (χ2n) is 4.38. The maximum absolute atomic E-state index is 11.6. The first-order valence-electron chi connectivity index (χ1n) is 6.46.